The van der Waals surface area contributed by atoms with Crippen molar-refractivity contribution in [1.29, 1.82) is 0 Å². The third-order valence-electron chi connectivity index (χ3n) is 4.00. The molecule has 3 aromatic carbocycles. The van der Waals surface area contributed by atoms with Crippen LogP contribution >= 0.6 is 0 Å². The van der Waals surface area contributed by atoms with E-state index in [1.165, 1.54) is 54.7 Å². The second-order valence-electron chi connectivity index (χ2n) is 6.29. The number of carbonyl (C=O) groups is 1. The van der Waals surface area contributed by atoms with Gasteiger partial charge in [0.25, 0.3) is 15.9 Å². The van der Waals surface area contributed by atoms with Gasteiger partial charge in [-0.25, -0.2) is 13.8 Å². The van der Waals surface area contributed by atoms with E-state index in [0.717, 1.165) is 5.56 Å². The Bertz CT molecular complexity index is 1120. The minimum Gasteiger partial charge on any atom is -0.508 e. The summed E-state index contributed by atoms with van der Waals surface area (Å²) in [7, 11) is -3.70. The van der Waals surface area contributed by atoms with E-state index in [1.54, 1.807) is 24.3 Å². The Morgan fingerprint density at radius 3 is 2.17 bits per heavy atom. The van der Waals surface area contributed by atoms with Crippen molar-refractivity contribution in [2.45, 2.75) is 11.8 Å². The predicted molar refractivity (Wildman–Crippen MR) is 112 cm³/mol. The number of aromatic hydroxyl groups is 1. The molecule has 8 heteroatoms. The first kappa shape index (κ1) is 20.1. The largest absolute Gasteiger partial charge is 0.508 e. The Balaban J connectivity index is 1.62. The average molecular weight is 409 g/mol. The van der Waals surface area contributed by atoms with Crippen LogP contribution in [0.3, 0.4) is 0 Å². The minimum absolute atomic E-state index is 0.143. The number of aryl methyl sites for hydroxylation is 1. The summed E-state index contributed by atoms with van der Waals surface area (Å²) in [5.74, 6) is -0.294. The Hall–Kier alpha value is -3.65. The van der Waals surface area contributed by atoms with Gasteiger partial charge in [0.15, 0.2) is 0 Å². The molecule has 0 unspecified atom stereocenters. The van der Waals surface area contributed by atoms with Gasteiger partial charge in [-0.3, -0.25) is 9.52 Å². The zero-order valence-corrected chi connectivity index (χ0v) is 16.3. The fourth-order valence-corrected chi connectivity index (χ4v) is 3.47. The summed E-state index contributed by atoms with van der Waals surface area (Å²) >= 11 is 0. The van der Waals surface area contributed by atoms with Gasteiger partial charge >= 0.3 is 0 Å². The second-order valence-corrected chi connectivity index (χ2v) is 7.97. The van der Waals surface area contributed by atoms with Crippen molar-refractivity contribution in [2.75, 3.05) is 4.72 Å². The summed E-state index contributed by atoms with van der Waals surface area (Å²) in [5, 5.41) is 13.1. The van der Waals surface area contributed by atoms with Gasteiger partial charge in [-0.05, 0) is 73.2 Å². The molecule has 0 radical (unpaired) electrons. The molecule has 7 nitrogen and oxygen atoms in total. The molecule has 1 amide bonds. The number of sulfonamides is 1. The number of benzene rings is 3. The number of phenolic OH excluding ortho intramolecular Hbond substituents is 1. The summed E-state index contributed by atoms with van der Waals surface area (Å²) in [6.07, 6.45) is 1.45. The van der Waals surface area contributed by atoms with Gasteiger partial charge in [-0.1, -0.05) is 17.7 Å². The van der Waals surface area contributed by atoms with Crippen LogP contribution in [-0.4, -0.2) is 25.6 Å². The van der Waals surface area contributed by atoms with Crippen LogP contribution in [0.15, 0.2) is 82.8 Å². The Morgan fingerprint density at radius 1 is 0.931 bits per heavy atom. The molecule has 148 valence electrons. The number of phenols is 1. The third-order valence-corrected chi connectivity index (χ3v) is 5.40. The van der Waals surface area contributed by atoms with Gasteiger partial charge in [0, 0.05) is 11.3 Å². The van der Waals surface area contributed by atoms with Gasteiger partial charge in [0.05, 0.1) is 11.1 Å². The quantitative estimate of drug-likeness (QED) is 0.429. The molecule has 0 bridgehead atoms. The van der Waals surface area contributed by atoms with Crippen molar-refractivity contribution in [3.8, 4) is 5.75 Å². The lowest BCUT2D eigenvalue weighted by atomic mass is 10.2. The van der Waals surface area contributed by atoms with Gasteiger partial charge in [0.2, 0.25) is 0 Å². The topological polar surface area (TPSA) is 108 Å². The van der Waals surface area contributed by atoms with E-state index in [0.29, 0.717) is 16.8 Å². The maximum Gasteiger partial charge on any atom is 0.271 e. The number of amides is 1. The zero-order chi connectivity index (χ0) is 20.9. The highest BCUT2D eigenvalue weighted by Gasteiger charge is 2.14. The number of hydrogen-bond acceptors (Lipinski definition) is 5. The SMILES string of the molecule is Cc1ccc(S(=O)(=O)Nc2ccc(C(=O)N/N=C/c3ccc(O)cc3)cc2)cc1. The molecular weight excluding hydrogens is 390 g/mol. The molecule has 0 fully saturated rings. The molecule has 0 saturated carbocycles. The lowest BCUT2D eigenvalue weighted by Crippen LogP contribution is -2.18. The van der Waals surface area contributed by atoms with Crippen LogP contribution < -0.4 is 10.1 Å². The number of anilines is 1. The highest BCUT2D eigenvalue weighted by atomic mass is 32.2. The Kier molecular flexibility index (Phi) is 5.94. The first-order valence-corrected chi connectivity index (χ1v) is 10.1. The summed E-state index contributed by atoms with van der Waals surface area (Å²) in [6.45, 7) is 1.88. The van der Waals surface area contributed by atoms with E-state index in [9.17, 15) is 18.3 Å². The van der Waals surface area contributed by atoms with Crippen molar-refractivity contribution in [1.82, 2.24) is 5.43 Å². The summed E-state index contributed by atoms with van der Waals surface area (Å²) in [6, 6.07) is 18.9. The molecular formula is C21H19N3O4S. The molecule has 3 rings (SSSR count). The summed E-state index contributed by atoms with van der Waals surface area (Å²) in [4.78, 5) is 12.3. The smallest absolute Gasteiger partial charge is 0.271 e. The number of nitrogens with one attached hydrogen (secondary N) is 2. The molecule has 0 aromatic heterocycles. The van der Waals surface area contributed by atoms with Crippen LogP contribution in [0.2, 0.25) is 0 Å². The van der Waals surface area contributed by atoms with E-state index in [4.69, 9.17) is 0 Å². The van der Waals surface area contributed by atoms with Gasteiger partial charge < -0.3 is 5.11 Å². The van der Waals surface area contributed by atoms with Crippen LogP contribution in [0.5, 0.6) is 5.75 Å². The van der Waals surface area contributed by atoms with Crippen LogP contribution in [0, 0.1) is 6.92 Å². The van der Waals surface area contributed by atoms with Gasteiger partial charge in [-0.2, -0.15) is 5.10 Å². The highest BCUT2D eigenvalue weighted by Crippen LogP contribution is 2.17. The van der Waals surface area contributed by atoms with Crippen LogP contribution in [0.4, 0.5) is 5.69 Å². The lowest BCUT2D eigenvalue weighted by molar-refractivity contribution is 0.0955. The van der Waals surface area contributed by atoms with E-state index >= 15 is 0 Å². The lowest BCUT2D eigenvalue weighted by Gasteiger charge is -2.09. The van der Waals surface area contributed by atoms with Crippen LogP contribution in [-0.2, 0) is 10.0 Å². The van der Waals surface area contributed by atoms with Crippen molar-refractivity contribution in [3.05, 3.63) is 89.5 Å². The fraction of sp³-hybridized carbons (Fsp3) is 0.0476. The Labute approximate surface area is 168 Å². The third kappa shape index (κ3) is 5.43. The number of rotatable bonds is 6. The normalized spacial score (nSPS) is 11.3. The van der Waals surface area contributed by atoms with E-state index in [-0.39, 0.29) is 10.6 Å². The second kappa shape index (κ2) is 8.57. The molecule has 0 aliphatic carbocycles. The van der Waals surface area contributed by atoms with Crippen molar-refractivity contribution in [2.24, 2.45) is 5.10 Å². The first-order valence-electron chi connectivity index (χ1n) is 8.65. The summed E-state index contributed by atoms with van der Waals surface area (Å²) < 4.78 is 27.3. The van der Waals surface area contributed by atoms with E-state index in [1.807, 2.05) is 6.92 Å². The predicted octanol–water partition coefficient (Wildman–Crippen LogP) is 3.27. The zero-order valence-electron chi connectivity index (χ0n) is 15.5. The average Bonchev–Trinajstić information content (AvgIpc) is 2.70. The first-order chi connectivity index (χ1) is 13.8. The summed E-state index contributed by atoms with van der Waals surface area (Å²) in [5.41, 5.74) is 4.73. The number of carbonyl (C=O) groups excluding carboxylic acids is 1. The molecule has 0 heterocycles. The Morgan fingerprint density at radius 2 is 1.55 bits per heavy atom. The molecule has 0 saturated heterocycles. The number of nitrogens with zero attached hydrogens (tertiary/aromatic N) is 1. The molecule has 0 spiro atoms. The minimum atomic E-state index is -3.70. The molecule has 29 heavy (non-hydrogen) atoms. The maximum absolute atomic E-state index is 12.4. The molecule has 0 aliphatic rings. The molecule has 0 aliphatic heterocycles. The van der Waals surface area contributed by atoms with Crippen molar-refractivity contribution in [3.63, 3.8) is 0 Å². The molecule has 3 aromatic rings. The van der Waals surface area contributed by atoms with Crippen molar-refractivity contribution >= 4 is 27.8 Å². The van der Waals surface area contributed by atoms with E-state index < -0.39 is 15.9 Å². The fourth-order valence-electron chi connectivity index (χ4n) is 2.41. The molecule has 0 atom stereocenters. The maximum atomic E-state index is 12.4. The van der Waals surface area contributed by atoms with Gasteiger partial charge in [-0.15, -0.1) is 0 Å². The standard InChI is InChI=1S/C21H19N3O4S/c1-15-2-12-20(13-3-15)29(27,28)24-18-8-6-17(7-9-18)21(26)23-22-14-16-4-10-19(25)11-5-16/h2-14,24-25H,1H3,(H,23,26)/b22-14+. The number of hydrogen-bond donors (Lipinski definition) is 3. The highest BCUT2D eigenvalue weighted by molar-refractivity contribution is 7.92. The van der Waals surface area contributed by atoms with Crippen LogP contribution in [0.1, 0.15) is 21.5 Å². The molecule has 3 N–H and O–H groups in total. The van der Waals surface area contributed by atoms with E-state index in [2.05, 4.69) is 15.2 Å². The van der Waals surface area contributed by atoms with Gasteiger partial charge in [0.1, 0.15) is 5.75 Å². The van der Waals surface area contributed by atoms with Crippen molar-refractivity contribution < 1.29 is 18.3 Å². The monoisotopic (exact) mass is 409 g/mol. The van der Waals surface area contributed by atoms with Crippen LogP contribution in [0.25, 0.3) is 0 Å². The number of hydrazone groups is 1.